The van der Waals surface area contributed by atoms with Crippen LogP contribution >= 0.6 is 0 Å². The van der Waals surface area contributed by atoms with Gasteiger partial charge in [-0.15, -0.1) is 0 Å². The van der Waals surface area contributed by atoms with Gasteiger partial charge in [-0.05, 0) is 6.07 Å². The van der Waals surface area contributed by atoms with Gasteiger partial charge in [0.15, 0.2) is 5.82 Å². The summed E-state index contributed by atoms with van der Waals surface area (Å²) < 4.78 is 5.03. The van der Waals surface area contributed by atoms with Gasteiger partial charge in [0, 0.05) is 31.0 Å². The van der Waals surface area contributed by atoms with Crippen LogP contribution in [-0.2, 0) is 11.2 Å². The fraction of sp³-hybridized carbons (Fsp3) is 0.231. The van der Waals surface area contributed by atoms with Crippen LogP contribution in [0.1, 0.15) is 5.69 Å². The number of hydrogen-bond donors (Lipinski definition) is 0. The monoisotopic (exact) mass is 214 g/mol. The molecular weight excluding hydrogens is 200 g/mol. The van der Waals surface area contributed by atoms with Crippen LogP contribution in [0.25, 0.3) is 11.4 Å². The van der Waals surface area contributed by atoms with Gasteiger partial charge in [-0.3, -0.25) is 0 Å². The molecule has 3 nitrogen and oxygen atoms in total. The summed E-state index contributed by atoms with van der Waals surface area (Å²) in [5.74, 6) is 0.772. The van der Waals surface area contributed by atoms with Crippen molar-refractivity contribution in [2.45, 2.75) is 6.42 Å². The summed E-state index contributed by atoms with van der Waals surface area (Å²) in [6.45, 7) is 0.686. The zero-order valence-corrected chi connectivity index (χ0v) is 9.26. The fourth-order valence-electron chi connectivity index (χ4n) is 1.47. The first-order chi connectivity index (χ1) is 7.90. The maximum Gasteiger partial charge on any atom is 0.159 e. The number of methoxy groups -OCH3 is 1. The third-order valence-corrected chi connectivity index (χ3v) is 2.31. The molecule has 0 N–H and O–H groups in total. The van der Waals surface area contributed by atoms with Gasteiger partial charge in [-0.1, -0.05) is 30.3 Å². The van der Waals surface area contributed by atoms with Crippen LogP contribution in [0.4, 0.5) is 0 Å². The lowest BCUT2D eigenvalue weighted by atomic mass is 10.2. The Balaban J connectivity index is 2.22. The van der Waals surface area contributed by atoms with Crippen molar-refractivity contribution >= 4 is 0 Å². The van der Waals surface area contributed by atoms with E-state index < -0.39 is 0 Å². The number of ether oxygens (including phenoxy) is 1. The quantitative estimate of drug-likeness (QED) is 0.783. The van der Waals surface area contributed by atoms with E-state index in [0.717, 1.165) is 23.5 Å². The van der Waals surface area contributed by atoms with Gasteiger partial charge in [0.1, 0.15) is 0 Å². The molecular formula is C13H14N2O. The van der Waals surface area contributed by atoms with Gasteiger partial charge in [0.05, 0.1) is 6.61 Å². The van der Waals surface area contributed by atoms with Crippen molar-refractivity contribution in [2.75, 3.05) is 13.7 Å². The number of rotatable bonds is 4. The standard InChI is InChI=1S/C13H14N2O/c1-16-10-8-12-7-9-14-13(15-12)11-5-3-2-4-6-11/h2-7,9H,8,10H2,1H3. The Morgan fingerprint density at radius 2 is 1.94 bits per heavy atom. The molecule has 0 aliphatic carbocycles. The van der Waals surface area contributed by atoms with Crippen LogP contribution in [-0.4, -0.2) is 23.7 Å². The van der Waals surface area contributed by atoms with Gasteiger partial charge in [0.25, 0.3) is 0 Å². The Labute approximate surface area is 95.1 Å². The van der Waals surface area contributed by atoms with Crippen molar-refractivity contribution in [1.82, 2.24) is 9.97 Å². The lowest BCUT2D eigenvalue weighted by molar-refractivity contribution is 0.201. The fourth-order valence-corrected chi connectivity index (χ4v) is 1.47. The van der Waals surface area contributed by atoms with Crippen LogP contribution in [0.15, 0.2) is 42.6 Å². The summed E-state index contributed by atoms with van der Waals surface area (Å²) in [6, 6.07) is 11.9. The van der Waals surface area contributed by atoms with Gasteiger partial charge < -0.3 is 4.74 Å². The maximum absolute atomic E-state index is 5.03. The molecule has 82 valence electrons. The summed E-state index contributed by atoms with van der Waals surface area (Å²) in [4.78, 5) is 8.76. The van der Waals surface area contributed by atoms with E-state index in [9.17, 15) is 0 Å². The zero-order valence-electron chi connectivity index (χ0n) is 9.26. The van der Waals surface area contributed by atoms with Gasteiger partial charge in [-0.25, -0.2) is 9.97 Å². The van der Waals surface area contributed by atoms with E-state index in [1.54, 1.807) is 13.3 Å². The van der Waals surface area contributed by atoms with Crippen LogP contribution in [0.3, 0.4) is 0 Å². The molecule has 0 fully saturated rings. The molecule has 1 aromatic carbocycles. The lowest BCUT2D eigenvalue weighted by Crippen LogP contribution is -1.99. The van der Waals surface area contributed by atoms with Crippen molar-refractivity contribution in [3.63, 3.8) is 0 Å². The second-order valence-corrected chi connectivity index (χ2v) is 3.48. The minimum absolute atomic E-state index is 0.686. The molecule has 0 aliphatic rings. The molecule has 1 heterocycles. The Morgan fingerprint density at radius 1 is 1.12 bits per heavy atom. The average Bonchev–Trinajstić information content (AvgIpc) is 2.38. The molecule has 1 aromatic heterocycles. The van der Waals surface area contributed by atoms with Gasteiger partial charge in [0.2, 0.25) is 0 Å². The molecule has 2 rings (SSSR count). The molecule has 0 aliphatic heterocycles. The Hall–Kier alpha value is -1.74. The molecule has 16 heavy (non-hydrogen) atoms. The molecule has 2 aromatic rings. The average molecular weight is 214 g/mol. The van der Waals surface area contributed by atoms with Crippen molar-refractivity contribution in [3.05, 3.63) is 48.3 Å². The molecule has 0 atom stereocenters. The molecule has 3 heteroatoms. The van der Waals surface area contributed by atoms with E-state index in [1.165, 1.54) is 0 Å². The van der Waals surface area contributed by atoms with Crippen LogP contribution in [0.2, 0.25) is 0 Å². The topological polar surface area (TPSA) is 35.0 Å². The van der Waals surface area contributed by atoms with E-state index in [2.05, 4.69) is 9.97 Å². The Kier molecular flexibility index (Phi) is 3.62. The van der Waals surface area contributed by atoms with Crippen LogP contribution in [0.5, 0.6) is 0 Å². The summed E-state index contributed by atoms with van der Waals surface area (Å²) in [5, 5.41) is 0. The highest BCUT2D eigenvalue weighted by molar-refractivity contribution is 5.54. The Bertz CT molecular complexity index is 443. The van der Waals surface area contributed by atoms with E-state index in [4.69, 9.17) is 4.74 Å². The SMILES string of the molecule is COCCc1ccnc(-c2ccccc2)n1. The number of nitrogens with zero attached hydrogens (tertiary/aromatic N) is 2. The largest absolute Gasteiger partial charge is 0.384 e. The highest BCUT2D eigenvalue weighted by Gasteiger charge is 2.01. The smallest absolute Gasteiger partial charge is 0.159 e. The predicted molar refractivity (Wildman–Crippen MR) is 63.0 cm³/mol. The van der Waals surface area contributed by atoms with E-state index in [-0.39, 0.29) is 0 Å². The number of benzene rings is 1. The van der Waals surface area contributed by atoms with Crippen molar-refractivity contribution in [1.29, 1.82) is 0 Å². The van der Waals surface area contributed by atoms with E-state index in [0.29, 0.717) is 6.61 Å². The minimum atomic E-state index is 0.686. The predicted octanol–water partition coefficient (Wildman–Crippen LogP) is 2.33. The molecule has 0 bridgehead atoms. The van der Waals surface area contributed by atoms with Crippen LogP contribution in [0, 0.1) is 0 Å². The molecule has 0 spiro atoms. The first-order valence-electron chi connectivity index (χ1n) is 5.26. The normalized spacial score (nSPS) is 10.3. The van der Waals surface area contributed by atoms with Crippen molar-refractivity contribution < 1.29 is 4.74 Å². The second kappa shape index (κ2) is 5.37. The lowest BCUT2D eigenvalue weighted by Gasteiger charge is -2.03. The van der Waals surface area contributed by atoms with Gasteiger partial charge in [-0.2, -0.15) is 0 Å². The molecule has 0 radical (unpaired) electrons. The molecule has 0 unspecified atom stereocenters. The summed E-state index contributed by atoms with van der Waals surface area (Å²) >= 11 is 0. The summed E-state index contributed by atoms with van der Waals surface area (Å²) in [7, 11) is 1.69. The third-order valence-electron chi connectivity index (χ3n) is 2.31. The molecule has 0 amide bonds. The van der Waals surface area contributed by atoms with Crippen molar-refractivity contribution in [3.8, 4) is 11.4 Å². The number of hydrogen-bond acceptors (Lipinski definition) is 3. The first kappa shape index (κ1) is 10.8. The Morgan fingerprint density at radius 3 is 2.69 bits per heavy atom. The van der Waals surface area contributed by atoms with Crippen LogP contribution < -0.4 is 0 Å². The first-order valence-corrected chi connectivity index (χ1v) is 5.26. The van der Waals surface area contributed by atoms with Gasteiger partial charge >= 0.3 is 0 Å². The highest BCUT2D eigenvalue weighted by Crippen LogP contribution is 2.13. The van der Waals surface area contributed by atoms with Crippen molar-refractivity contribution in [2.24, 2.45) is 0 Å². The molecule has 0 saturated heterocycles. The number of aromatic nitrogens is 2. The van der Waals surface area contributed by atoms with E-state index >= 15 is 0 Å². The zero-order chi connectivity index (χ0) is 11.2. The summed E-state index contributed by atoms with van der Waals surface area (Å²) in [6.07, 6.45) is 2.61. The maximum atomic E-state index is 5.03. The molecule has 0 saturated carbocycles. The minimum Gasteiger partial charge on any atom is -0.384 e. The third kappa shape index (κ3) is 2.64. The van der Waals surface area contributed by atoms with E-state index in [1.807, 2.05) is 36.4 Å². The summed E-state index contributed by atoms with van der Waals surface area (Å²) in [5.41, 5.74) is 2.05. The highest BCUT2D eigenvalue weighted by atomic mass is 16.5. The second-order valence-electron chi connectivity index (χ2n) is 3.48.